The van der Waals surface area contributed by atoms with Crippen LogP contribution in [0.1, 0.15) is 49.1 Å². The Labute approximate surface area is 146 Å². The van der Waals surface area contributed by atoms with Crippen LogP contribution in [0, 0.1) is 5.92 Å². The molecule has 0 radical (unpaired) electrons. The lowest BCUT2D eigenvalue weighted by molar-refractivity contribution is -0.155. The predicted molar refractivity (Wildman–Crippen MR) is 97.4 cm³/mol. The summed E-state index contributed by atoms with van der Waals surface area (Å²) in [7, 11) is 0. The van der Waals surface area contributed by atoms with Crippen LogP contribution in [0.3, 0.4) is 0 Å². The largest absolute Gasteiger partial charge is 0.471 e. The third kappa shape index (κ3) is 2.13. The van der Waals surface area contributed by atoms with Gasteiger partial charge in [0, 0.05) is 18.4 Å². The van der Waals surface area contributed by atoms with Crippen molar-refractivity contribution in [3.63, 3.8) is 0 Å². The smallest absolute Gasteiger partial charge is 0.180 e. The molecule has 3 nitrogen and oxygen atoms in total. The van der Waals surface area contributed by atoms with Gasteiger partial charge < -0.3 is 10.2 Å². The molecule has 4 heteroatoms. The molecule has 2 aromatic rings. The Morgan fingerprint density at radius 2 is 2.00 bits per heavy atom. The quantitative estimate of drug-likeness (QED) is 0.796. The molecule has 1 aromatic heterocycles. The van der Waals surface area contributed by atoms with Gasteiger partial charge >= 0.3 is 0 Å². The van der Waals surface area contributed by atoms with E-state index < -0.39 is 0 Å². The van der Waals surface area contributed by atoms with Gasteiger partial charge in [-0.05, 0) is 42.3 Å². The Morgan fingerprint density at radius 3 is 2.79 bits per heavy atom. The van der Waals surface area contributed by atoms with E-state index >= 15 is 0 Å². The summed E-state index contributed by atoms with van der Waals surface area (Å²) in [5.74, 6) is 1.85. The summed E-state index contributed by atoms with van der Waals surface area (Å²) in [5, 5.41) is 4.52. The number of hydrogen-bond donors (Lipinski definition) is 1. The Bertz CT molecular complexity index is 775. The lowest BCUT2D eigenvalue weighted by Crippen LogP contribution is -2.60. The fourth-order valence-corrected chi connectivity index (χ4v) is 4.95. The molecule has 24 heavy (non-hydrogen) atoms. The van der Waals surface area contributed by atoms with E-state index in [-0.39, 0.29) is 11.8 Å². The van der Waals surface area contributed by atoms with Gasteiger partial charge in [-0.2, -0.15) is 5.01 Å². The molecule has 1 saturated carbocycles. The molecular formula is C20H22N2OS. The standard InChI is InChI=1S/C20H22N2OS/c1-14-8-10-20(11-9-14)22-17(15-5-2-3-6-18(15)23-20)13-16(21-22)19-7-4-12-24-19/h2-7,12-14,17,21H,8-11H2,1H3/t14?,17-,20?/m0/s1. The number of nitrogens with one attached hydrogen (secondary N) is 1. The first-order chi connectivity index (χ1) is 11.8. The highest BCUT2D eigenvalue weighted by molar-refractivity contribution is 7.11. The van der Waals surface area contributed by atoms with Crippen LogP contribution in [0.25, 0.3) is 5.70 Å². The topological polar surface area (TPSA) is 24.5 Å². The van der Waals surface area contributed by atoms with E-state index in [1.54, 1.807) is 11.3 Å². The van der Waals surface area contributed by atoms with Gasteiger partial charge in [0.2, 0.25) is 0 Å². The third-order valence-electron chi connectivity index (χ3n) is 5.66. The monoisotopic (exact) mass is 338 g/mol. The zero-order valence-corrected chi connectivity index (χ0v) is 14.7. The molecule has 0 bridgehead atoms. The Hall–Kier alpha value is -1.78. The maximum atomic E-state index is 6.62. The number of thiophene rings is 1. The van der Waals surface area contributed by atoms with Gasteiger partial charge in [-0.25, -0.2) is 0 Å². The molecular weight excluding hydrogens is 316 g/mol. The zero-order chi connectivity index (χ0) is 16.1. The maximum absolute atomic E-state index is 6.62. The van der Waals surface area contributed by atoms with Crippen molar-refractivity contribution in [3.05, 3.63) is 58.3 Å². The average Bonchev–Trinajstić information content (AvgIpc) is 3.27. The van der Waals surface area contributed by atoms with Crippen molar-refractivity contribution in [1.29, 1.82) is 0 Å². The molecule has 3 aliphatic rings. The van der Waals surface area contributed by atoms with Gasteiger partial charge in [-0.1, -0.05) is 31.2 Å². The van der Waals surface area contributed by atoms with Crippen molar-refractivity contribution in [1.82, 2.24) is 10.4 Å². The second-order valence-corrected chi connectivity index (χ2v) is 8.20. The van der Waals surface area contributed by atoms with Crippen molar-refractivity contribution in [3.8, 4) is 5.75 Å². The molecule has 2 aliphatic heterocycles. The molecule has 0 saturated heterocycles. The van der Waals surface area contributed by atoms with Gasteiger partial charge in [0.05, 0.1) is 16.6 Å². The Balaban J connectivity index is 1.58. The van der Waals surface area contributed by atoms with Gasteiger partial charge in [0.1, 0.15) is 5.75 Å². The summed E-state index contributed by atoms with van der Waals surface area (Å²) in [5.41, 5.74) is 5.95. The normalized spacial score (nSPS) is 31.8. The molecule has 0 amide bonds. The first kappa shape index (κ1) is 14.6. The molecule has 1 spiro atoms. The third-order valence-corrected chi connectivity index (χ3v) is 6.57. The minimum Gasteiger partial charge on any atom is -0.471 e. The average molecular weight is 338 g/mol. The summed E-state index contributed by atoms with van der Waals surface area (Å²) in [6.07, 6.45) is 6.98. The molecule has 5 rings (SSSR count). The lowest BCUT2D eigenvalue weighted by atomic mass is 9.82. The number of nitrogens with zero attached hydrogens (tertiary/aromatic N) is 1. The summed E-state index contributed by atoms with van der Waals surface area (Å²) in [4.78, 5) is 1.29. The lowest BCUT2D eigenvalue weighted by Gasteiger charge is -2.51. The fraction of sp³-hybridized carbons (Fsp3) is 0.400. The van der Waals surface area contributed by atoms with Crippen LogP contribution < -0.4 is 10.2 Å². The summed E-state index contributed by atoms with van der Waals surface area (Å²) in [6.45, 7) is 2.36. The van der Waals surface area contributed by atoms with Crippen molar-refractivity contribution in [2.75, 3.05) is 0 Å². The number of hydrazine groups is 1. The van der Waals surface area contributed by atoms with Gasteiger partial charge in [0.25, 0.3) is 0 Å². The van der Waals surface area contributed by atoms with Crippen LogP contribution in [-0.2, 0) is 0 Å². The second kappa shape index (κ2) is 5.36. The van der Waals surface area contributed by atoms with Crippen molar-refractivity contribution < 1.29 is 4.74 Å². The number of benzene rings is 1. The van der Waals surface area contributed by atoms with Crippen LogP contribution >= 0.6 is 11.3 Å². The number of ether oxygens (including phenoxy) is 1. The molecule has 124 valence electrons. The fourth-order valence-electron chi connectivity index (χ4n) is 4.25. The molecule has 1 fully saturated rings. The number of rotatable bonds is 1. The van der Waals surface area contributed by atoms with Crippen LogP contribution in [0.2, 0.25) is 0 Å². The van der Waals surface area contributed by atoms with Gasteiger partial charge in [-0.3, -0.25) is 0 Å². The first-order valence-corrected chi connectivity index (χ1v) is 9.73. The Kier molecular flexibility index (Phi) is 3.25. The minimum absolute atomic E-state index is 0.221. The predicted octanol–water partition coefficient (Wildman–Crippen LogP) is 4.95. The maximum Gasteiger partial charge on any atom is 0.180 e. The van der Waals surface area contributed by atoms with E-state index in [2.05, 4.69) is 65.2 Å². The highest BCUT2D eigenvalue weighted by atomic mass is 32.1. The van der Waals surface area contributed by atoms with E-state index in [1.807, 2.05) is 0 Å². The second-order valence-electron chi connectivity index (χ2n) is 7.25. The van der Waals surface area contributed by atoms with E-state index in [9.17, 15) is 0 Å². The molecule has 1 N–H and O–H groups in total. The first-order valence-electron chi connectivity index (χ1n) is 8.85. The molecule has 1 aromatic carbocycles. The number of para-hydroxylation sites is 1. The number of hydrogen-bond acceptors (Lipinski definition) is 4. The molecule has 1 atom stereocenters. The molecule has 0 unspecified atom stereocenters. The Morgan fingerprint density at radius 1 is 1.17 bits per heavy atom. The highest BCUT2D eigenvalue weighted by Crippen LogP contribution is 2.50. The van der Waals surface area contributed by atoms with E-state index in [4.69, 9.17) is 4.74 Å². The summed E-state index contributed by atoms with van der Waals surface area (Å²) in [6, 6.07) is 13.1. The zero-order valence-electron chi connectivity index (χ0n) is 13.9. The summed E-state index contributed by atoms with van der Waals surface area (Å²) < 4.78 is 6.62. The van der Waals surface area contributed by atoms with E-state index in [0.717, 1.165) is 24.5 Å². The summed E-state index contributed by atoms with van der Waals surface area (Å²) >= 11 is 1.78. The minimum atomic E-state index is -0.221. The van der Waals surface area contributed by atoms with Gasteiger partial charge in [0.15, 0.2) is 5.72 Å². The van der Waals surface area contributed by atoms with E-state index in [0.29, 0.717) is 0 Å². The van der Waals surface area contributed by atoms with Crippen LogP contribution in [0.15, 0.2) is 47.9 Å². The SMILES string of the molecule is CC1CCC2(CC1)Oc1ccccc1[C@@H]1C=C(c3cccs3)NN12. The molecule has 3 heterocycles. The van der Waals surface area contributed by atoms with Crippen LogP contribution in [-0.4, -0.2) is 10.7 Å². The van der Waals surface area contributed by atoms with Crippen LogP contribution in [0.4, 0.5) is 0 Å². The molecule has 1 aliphatic carbocycles. The highest BCUT2D eigenvalue weighted by Gasteiger charge is 2.51. The van der Waals surface area contributed by atoms with Crippen molar-refractivity contribution in [2.45, 2.75) is 44.4 Å². The van der Waals surface area contributed by atoms with Crippen molar-refractivity contribution in [2.24, 2.45) is 5.92 Å². The number of fused-ring (bicyclic) bond motifs is 4. The van der Waals surface area contributed by atoms with E-state index in [1.165, 1.54) is 29.0 Å². The van der Waals surface area contributed by atoms with Crippen LogP contribution in [0.5, 0.6) is 5.75 Å². The van der Waals surface area contributed by atoms with Gasteiger partial charge in [-0.15, -0.1) is 11.3 Å². The van der Waals surface area contributed by atoms with Crippen molar-refractivity contribution >= 4 is 17.0 Å².